The average Bonchev–Trinajstić information content (AvgIpc) is 1.85. The first-order chi connectivity index (χ1) is 4.66. The topological polar surface area (TPSA) is 46.5 Å². The summed E-state index contributed by atoms with van der Waals surface area (Å²) in [6.07, 6.45) is -0.623. The maximum atomic E-state index is 10.4. The molecule has 0 fully saturated rings. The largest absolute Gasteiger partial charge is 0.453 e. The van der Waals surface area contributed by atoms with Crippen LogP contribution in [0.2, 0.25) is 0 Å². The van der Waals surface area contributed by atoms with Crippen molar-refractivity contribution < 1.29 is 14.6 Å². The standard InChI is InChI=1S/C7H10O3/c1-3-4-7(9)10-5-6(2)8/h6,8H,5H2,1-2H3. The van der Waals surface area contributed by atoms with Gasteiger partial charge in [-0.15, -0.1) is 0 Å². The minimum Gasteiger partial charge on any atom is -0.453 e. The lowest BCUT2D eigenvalue weighted by atomic mass is 10.4. The molecule has 3 heteroatoms. The first-order valence-electron chi connectivity index (χ1n) is 2.94. The number of hydrogen-bond acceptors (Lipinski definition) is 3. The summed E-state index contributed by atoms with van der Waals surface area (Å²) in [5.41, 5.74) is 0. The number of aliphatic hydroxyl groups is 1. The Labute approximate surface area is 60.0 Å². The van der Waals surface area contributed by atoms with E-state index < -0.39 is 12.1 Å². The summed E-state index contributed by atoms with van der Waals surface area (Å²) in [5.74, 6) is 3.97. The second kappa shape index (κ2) is 4.83. The number of ether oxygens (including phenoxy) is 1. The van der Waals surface area contributed by atoms with Crippen molar-refractivity contribution in [2.24, 2.45) is 0 Å². The van der Waals surface area contributed by atoms with Gasteiger partial charge >= 0.3 is 5.97 Å². The van der Waals surface area contributed by atoms with Gasteiger partial charge in [-0.25, -0.2) is 4.79 Å². The fourth-order valence-electron chi connectivity index (χ4n) is 0.334. The summed E-state index contributed by atoms with van der Waals surface area (Å²) < 4.78 is 4.48. The van der Waals surface area contributed by atoms with Gasteiger partial charge in [-0.3, -0.25) is 0 Å². The molecule has 0 heterocycles. The molecule has 0 aromatic heterocycles. The quantitative estimate of drug-likeness (QED) is 0.333. The highest BCUT2D eigenvalue weighted by Crippen LogP contribution is 1.82. The zero-order valence-electron chi connectivity index (χ0n) is 6.05. The summed E-state index contributed by atoms with van der Waals surface area (Å²) >= 11 is 0. The Morgan fingerprint density at radius 2 is 2.40 bits per heavy atom. The lowest BCUT2D eigenvalue weighted by Crippen LogP contribution is -2.13. The minimum absolute atomic E-state index is 0.00745. The summed E-state index contributed by atoms with van der Waals surface area (Å²) in [4.78, 5) is 10.4. The van der Waals surface area contributed by atoms with Crippen molar-refractivity contribution in [1.29, 1.82) is 0 Å². The molecule has 1 unspecified atom stereocenters. The van der Waals surface area contributed by atoms with Crippen LogP contribution in [0.5, 0.6) is 0 Å². The minimum atomic E-state index is -0.623. The van der Waals surface area contributed by atoms with E-state index in [9.17, 15) is 4.79 Å². The number of carbonyl (C=O) groups excluding carboxylic acids is 1. The van der Waals surface area contributed by atoms with E-state index in [0.29, 0.717) is 0 Å². The van der Waals surface area contributed by atoms with Gasteiger partial charge in [0.2, 0.25) is 0 Å². The van der Waals surface area contributed by atoms with Crippen molar-refractivity contribution in [3.8, 4) is 11.8 Å². The zero-order chi connectivity index (χ0) is 7.98. The molecule has 0 aromatic carbocycles. The van der Waals surface area contributed by atoms with Gasteiger partial charge in [-0.2, -0.15) is 0 Å². The van der Waals surface area contributed by atoms with Crippen LogP contribution < -0.4 is 0 Å². The second-order valence-electron chi connectivity index (χ2n) is 1.82. The molecule has 0 aliphatic heterocycles. The fraction of sp³-hybridized carbons (Fsp3) is 0.571. The third kappa shape index (κ3) is 5.13. The predicted octanol–water partition coefficient (Wildman–Crippen LogP) is -0.0663. The molecule has 56 valence electrons. The molecule has 0 aromatic rings. The molecule has 0 saturated heterocycles. The van der Waals surface area contributed by atoms with Crippen LogP contribution in [0.25, 0.3) is 0 Å². The summed E-state index contributed by atoms with van der Waals surface area (Å²) in [6, 6.07) is 0. The van der Waals surface area contributed by atoms with Gasteiger partial charge in [0.1, 0.15) is 6.61 Å². The van der Waals surface area contributed by atoms with Crippen molar-refractivity contribution in [3.63, 3.8) is 0 Å². The molecule has 1 atom stereocenters. The highest BCUT2D eigenvalue weighted by Gasteiger charge is 1.99. The molecule has 0 amide bonds. The van der Waals surface area contributed by atoms with E-state index in [2.05, 4.69) is 16.6 Å². The maximum absolute atomic E-state index is 10.4. The number of hydrogen-bond donors (Lipinski definition) is 1. The van der Waals surface area contributed by atoms with Gasteiger partial charge < -0.3 is 9.84 Å². The van der Waals surface area contributed by atoms with Gasteiger partial charge in [0.05, 0.1) is 6.10 Å². The molecule has 0 radical (unpaired) electrons. The monoisotopic (exact) mass is 142 g/mol. The molecular weight excluding hydrogens is 132 g/mol. The fourth-order valence-corrected chi connectivity index (χ4v) is 0.334. The Hall–Kier alpha value is -1.01. The van der Waals surface area contributed by atoms with Gasteiger partial charge in [-0.1, -0.05) is 5.92 Å². The van der Waals surface area contributed by atoms with Crippen LogP contribution in [0.1, 0.15) is 13.8 Å². The lowest BCUT2D eigenvalue weighted by Gasteiger charge is -2.01. The van der Waals surface area contributed by atoms with Gasteiger partial charge in [-0.05, 0) is 13.8 Å². The van der Waals surface area contributed by atoms with E-state index in [-0.39, 0.29) is 6.61 Å². The molecule has 0 rings (SSSR count). The predicted molar refractivity (Wildman–Crippen MR) is 36.1 cm³/mol. The third-order valence-corrected chi connectivity index (χ3v) is 0.683. The Morgan fingerprint density at radius 3 is 2.80 bits per heavy atom. The zero-order valence-corrected chi connectivity index (χ0v) is 6.05. The van der Waals surface area contributed by atoms with E-state index in [0.717, 1.165) is 0 Å². The van der Waals surface area contributed by atoms with Crippen LogP contribution in [-0.4, -0.2) is 23.8 Å². The summed E-state index contributed by atoms with van der Waals surface area (Å²) in [5, 5.41) is 8.64. The van der Waals surface area contributed by atoms with Crippen molar-refractivity contribution in [1.82, 2.24) is 0 Å². The Bertz CT molecular complexity index is 161. The van der Waals surface area contributed by atoms with Crippen molar-refractivity contribution in [2.75, 3.05) is 6.61 Å². The molecule has 0 aliphatic rings. The highest BCUT2D eigenvalue weighted by molar-refractivity contribution is 5.88. The second-order valence-corrected chi connectivity index (χ2v) is 1.82. The molecule has 0 aliphatic carbocycles. The summed E-state index contributed by atoms with van der Waals surface area (Å²) in [6.45, 7) is 3.09. The molecule has 0 spiro atoms. The van der Waals surface area contributed by atoms with Crippen LogP contribution in [0, 0.1) is 11.8 Å². The van der Waals surface area contributed by atoms with Crippen LogP contribution in [0.3, 0.4) is 0 Å². The molecule has 1 N–H and O–H groups in total. The van der Waals surface area contributed by atoms with Gasteiger partial charge in [0, 0.05) is 5.92 Å². The first-order valence-corrected chi connectivity index (χ1v) is 2.94. The van der Waals surface area contributed by atoms with E-state index in [1.165, 1.54) is 6.92 Å². The highest BCUT2D eigenvalue weighted by atomic mass is 16.5. The van der Waals surface area contributed by atoms with Gasteiger partial charge in [0.25, 0.3) is 0 Å². The Morgan fingerprint density at radius 1 is 1.80 bits per heavy atom. The van der Waals surface area contributed by atoms with E-state index >= 15 is 0 Å². The van der Waals surface area contributed by atoms with Crippen molar-refractivity contribution in [3.05, 3.63) is 0 Å². The Kier molecular flexibility index (Phi) is 4.34. The van der Waals surface area contributed by atoms with E-state index in [4.69, 9.17) is 5.11 Å². The van der Waals surface area contributed by atoms with Crippen molar-refractivity contribution >= 4 is 5.97 Å². The molecule has 0 saturated carbocycles. The van der Waals surface area contributed by atoms with E-state index in [1.54, 1.807) is 6.92 Å². The number of esters is 1. The number of aliphatic hydroxyl groups excluding tert-OH is 1. The number of rotatable bonds is 2. The molecule has 0 bridgehead atoms. The van der Waals surface area contributed by atoms with Crippen LogP contribution in [0.4, 0.5) is 0 Å². The third-order valence-electron chi connectivity index (χ3n) is 0.683. The number of carbonyl (C=O) groups is 1. The van der Waals surface area contributed by atoms with Crippen LogP contribution >= 0.6 is 0 Å². The molecule has 10 heavy (non-hydrogen) atoms. The summed E-state index contributed by atoms with van der Waals surface area (Å²) in [7, 11) is 0. The first kappa shape index (κ1) is 8.99. The Balaban J connectivity index is 3.47. The van der Waals surface area contributed by atoms with Crippen LogP contribution in [0.15, 0.2) is 0 Å². The van der Waals surface area contributed by atoms with Crippen LogP contribution in [-0.2, 0) is 9.53 Å². The normalized spacial score (nSPS) is 11.1. The molecule has 3 nitrogen and oxygen atoms in total. The SMILES string of the molecule is CC#CC(=O)OCC(C)O. The molecular formula is C7H10O3. The average molecular weight is 142 g/mol. The smallest absolute Gasteiger partial charge is 0.384 e. The maximum Gasteiger partial charge on any atom is 0.384 e. The van der Waals surface area contributed by atoms with Gasteiger partial charge in [0.15, 0.2) is 0 Å². The lowest BCUT2D eigenvalue weighted by molar-refractivity contribution is -0.139. The van der Waals surface area contributed by atoms with E-state index in [1.807, 2.05) is 0 Å². The van der Waals surface area contributed by atoms with Crippen molar-refractivity contribution in [2.45, 2.75) is 20.0 Å².